The summed E-state index contributed by atoms with van der Waals surface area (Å²) in [6.07, 6.45) is -0.584. The van der Waals surface area contributed by atoms with Crippen LogP contribution in [-0.2, 0) is 18.0 Å². The van der Waals surface area contributed by atoms with Gasteiger partial charge in [0.15, 0.2) is 5.69 Å². The second-order valence-corrected chi connectivity index (χ2v) is 5.19. The van der Waals surface area contributed by atoms with Crippen LogP contribution in [0, 0.1) is 5.92 Å². The smallest absolute Gasteiger partial charge is 0.381 e. The quantitative estimate of drug-likeness (QED) is 0.784. The molecule has 1 aliphatic rings. The number of rotatable bonds is 7. The van der Waals surface area contributed by atoms with Crippen LogP contribution in [0.1, 0.15) is 35.3 Å². The number of ether oxygens (including phenoxy) is 1. The summed E-state index contributed by atoms with van der Waals surface area (Å²) >= 11 is 0. The Bertz CT molecular complexity index is 495. The van der Waals surface area contributed by atoms with Crippen LogP contribution in [0.2, 0.25) is 0 Å². The zero-order chi connectivity index (χ0) is 15.5. The molecule has 8 heteroatoms. The predicted molar refractivity (Wildman–Crippen MR) is 68.7 cm³/mol. The van der Waals surface area contributed by atoms with Crippen molar-refractivity contribution < 1.29 is 22.7 Å². The first-order valence-corrected chi connectivity index (χ1v) is 6.84. The van der Waals surface area contributed by atoms with Crippen molar-refractivity contribution in [1.29, 1.82) is 0 Å². The predicted octanol–water partition coefficient (Wildman–Crippen LogP) is 1.99. The molecular weight excluding hydrogens is 287 g/mol. The topological polar surface area (TPSA) is 56.2 Å². The highest BCUT2D eigenvalue weighted by molar-refractivity contribution is 5.95. The van der Waals surface area contributed by atoms with Crippen LogP contribution >= 0.6 is 0 Å². The molecule has 1 aromatic heterocycles. The number of hydrogen-bond acceptors (Lipinski definition) is 3. The Kier molecular flexibility index (Phi) is 4.87. The SMILES string of the molecule is Cn1cc(C(=O)NCCCOCC2CC2)c(C(F)(F)F)n1. The fourth-order valence-electron chi connectivity index (χ4n) is 1.87. The number of hydrogen-bond donors (Lipinski definition) is 1. The van der Waals surface area contributed by atoms with Gasteiger partial charge in [0.1, 0.15) is 0 Å². The molecule has 0 aliphatic heterocycles. The molecule has 0 spiro atoms. The minimum atomic E-state index is -4.64. The number of carbonyl (C=O) groups is 1. The molecule has 0 saturated heterocycles. The van der Waals surface area contributed by atoms with E-state index >= 15 is 0 Å². The number of halogens is 3. The van der Waals surface area contributed by atoms with Gasteiger partial charge in [0, 0.05) is 33.0 Å². The van der Waals surface area contributed by atoms with E-state index in [9.17, 15) is 18.0 Å². The Morgan fingerprint density at radius 1 is 1.52 bits per heavy atom. The van der Waals surface area contributed by atoms with E-state index in [1.165, 1.54) is 19.9 Å². The molecular formula is C13H18F3N3O2. The average molecular weight is 305 g/mol. The summed E-state index contributed by atoms with van der Waals surface area (Å²) in [6.45, 7) is 1.50. The molecule has 1 aliphatic carbocycles. The summed E-state index contributed by atoms with van der Waals surface area (Å²) in [5.41, 5.74) is -1.61. The zero-order valence-electron chi connectivity index (χ0n) is 11.7. The van der Waals surface area contributed by atoms with Gasteiger partial charge >= 0.3 is 6.18 Å². The van der Waals surface area contributed by atoms with Gasteiger partial charge in [0.2, 0.25) is 0 Å². The van der Waals surface area contributed by atoms with Crippen molar-refractivity contribution in [2.24, 2.45) is 13.0 Å². The molecule has 1 N–H and O–H groups in total. The maximum Gasteiger partial charge on any atom is 0.435 e. The van der Waals surface area contributed by atoms with Crippen molar-refractivity contribution >= 4 is 5.91 Å². The molecule has 2 rings (SSSR count). The number of alkyl halides is 3. The third kappa shape index (κ3) is 4.73. The maximum absolute atomic E-state index is 12.7. The van der Waals surface area contributed by atoms with Gasteiger partial charge < -0.3 is 10.1 Å². The summed E-state index contributed by atoms with van der Waals surface area (Å²) in [4.78, 5) is 11.8. The minimum absolute atomic E-state index is 0.274. The van der Waals surface area contributed by atoms with Crippen molar-refractivity contribution in [3.63, 3.8) is 0 Å². The van der Waals surface area contributed by atoms with Crippen molar-refractivity contribution in [1.82, 2.24) is 15.1 Å². The van der Waals surface area contributed by atoms with Crippen LogP contribution in [0.25, 0.3) is 0 Å². The number of nitrogens with zero attached hydrogens (tertiary/aromatic N) is 2. The standard InChI is InChI=1S/C13H18F3N3O2/c1-19-7-10(11(18-19)13(14,15)16)12(20)17-5-2-6-21-8-9-3-4-9/h7,9H,2-6,8H2,1H3,(H,17,20). The highest BCUT2D eigenvalue weighted by atomic mass is 19.4. The second kappa shape index (κ2) is 6.46. The number of carbonyl (C=O) groups excluding carboxylic acids is 1. The first-order valence-electron chi connectivity index (χ1n) is 6.84. The lowest BCUT2D eigenvalue weighted by atomic mass is 10.2. The molecule has 5 nitrogen and oxygen atoms in total. The minimum Gasteiger partial charge on any atom is -0.381 e. The first kappa shape index (κ1) is 15.8. The Labute approximate surface area is 120 Å². The lowest BCUT2D eigenvalue weighted by Gasteiger charge is -2.07. The van der Waals surface area contributed by atoms with Gasteiger partial charge in [-0.3, -0.25) is 9.48 Å². The highest BCUT2D eigenvalue weighted by Crippen LogP contribution is 2.30. The van der Waals surface area contributed by atoms with Crippen LogP contribution in [-0.4, -0.2) is 35.4 Å². The Balaban J connectivity index is 1.77. The van der Waals surface area contributed by atoms with Gasteiger partial charge in [-0.25, -0.2) is 0 Å². The van der Waals surface area contributed by atoms with E-state index in [0.717, 1.165) is 17.5 Å². The summed E-state index contributed by atoms with van der Waals surface area (Å²) in [6, 6.07) is 0. The zero-order valence-corrected chi connectivity index (χ0v) is 11.7. The van der Waals surface area contributed by atoms with E-state index in [1.54, 1.807) is 0 Å². The van der Waals surface area contributed by atoms with Gasteiger partial charge in [-0.15, -0.1) is 0 Å². The Morgan fingerprint density at radius 2 is 2.24 bits per heavy atom. The van der Waals surface area contributed by atoms with E-state index in [0.29, 0.717) is 18.9 Å². The van der Waals surface area contributed by atoms with Gasteiger partial charge in [-0.05, 0) is 25.2 Å². The van der Waals surface area contributed by atoms with Crippen LogP contribution in [0.5, 0.6) is 0 Å². The van der Waals surface area contributed by atoms with Gasteiger partial charge in [0.05, 0.1) is 5.56 Å². The monoisotopic (exact) mass is 305 g/mol. The van der Waals surface area contributed by atoms with E-state index in [2.05, 4.69) is 10.4 Å². The van der Waals surface area contributed by atoms with Gasteiger partial charge in [0.25, 0.3) is 5.91 Å². The average Bonchev–Trinajstić information content (AvgIpc) is 3.12. The molecule has 1 amide bonds. The Hall–Kier alpha value is -1.57. The van der Waals surface area contributed by atoms with Crippen LogP contribution in [0.4, 0.5) is 13.2 Å². The van der Waals surface area contributed by atoms with E-state index < -0.39 is 23.3 Å². The van der Waals surface area contributed by atoms with Crippen molar-refractivity contribution in [2.45, 2.75) is 25.4 Å². The molecule has 1 saturated carbocycles. The second-order valence-electron chi connectivity index (χ2n) is 5.19. The normalized spacial score (nSPS) is 15.2. The van der Waals surface area contributed by atoms with Crippen molar-refractivity contribution in [2.75, 3.05) is 19.8 Å². The largest absolute Gasteiger partial charge is 0.435 e. The first-order chi connectivity index (χ1) is 9.88. The molecule has 118 valence electrons. The third-order valence-corrected chi connectivity index (χ3v) is 3.14. The van der Waals surface area contributed by atoms with E-state index in [1.807, 2.05) is 0 Å². The number of aromatic nitrogens is 2. The molecule has 0 aromatic carbocycles. The molecule has 0 bridgehead atoms. The molecule has 21 heavy (non-hydrogen) atoms. The lowest BCUT2D eigenvalue weighted by molar-refractivity contribution is -0.141. The van der Waals surface area contributed by atoms with Crippen molar-refractivity contribution in [3.8, 4) is 0 Å². The summed E-state index contributed by atoms with van der Waals surface area (Å²) in [5, 5.41) is 5.75. The summed E-state index contributed by atoms with van der Waals surface area (Å²) < 4.78 is 44.5. The van der Waals surface area contributed by atoms with E-state index in [-0.39, 0.29) is 6.54 Å². The Morgan fingerprint density at radius 3 is 2.86 bits per heavy atom. The summed E-state index contributed by atoms with van der Waals surface area (Å²) in [5.74, 6) is -0.0954. The highest BCUT2D eigenvalue weighted by Gasteiger charge is 2.38. The maximum atomic E-state index is 12.7. The van der Waals surface area contributed by atoms with Gasteiger partial charge in [-0.1, -0.05) is 0 Å². The summed E-state index contributed by atoms with van der Waals surface area (Å²) in [7, 11) is 1.34. The number of amides is 1. The number of aryl methyl sites for hydroxylation is 1. The van der Waals surface area contributed by atoms with Crippen molar-refractivity contribution in [3.05, 3.63) is 17.5 Å². The molecule has 0 unspecified atom stereocenters. The van der Waals surface area contributed by atoms with E-state index in [4.69, 9.17) is 4.74 Å². The molecule has 0 radical (unpaired) electrons. The molecule has 1 fully saturated rings. The molecule has 1 heterocycles. The van der Waals surface area contributed by atoms with Crippen LogP contribution in [0.3, 0.4) is 0 Å². The molecule has 1 aromatic rings. The van der Waals surface area contributed by atoms with Gasteiger partial charge in [-0.2, -0.15) is 18.3 Å². The van der Waals surface area contributed by atoms with Crippen LogP contribution in [0.15, 0.2) is 6.20 Å². The molecule has 0 atom stereocenters. The fraction of sp³-hybridized carbons (Fsp3) is 0.692. The third-order valence-electron chi connectivity index (χ3n) is 3.14. The fourth-order valence-corrected chi connectivity index (χ4v) is 1.87. The number of nitrogens with one attached hydrogen (secondary N) is 1. The van der Waals surface area contributed by atoms with Crippen LogP contribution < -0.4 is 5.32 Å². The lowest BCUT2D eigenvalue weighted by Crippen LogP contribution is -2.27.